The van der Waals surface area contributed by atoms with Gasteiger partial charge in [-0.3, -0.25) is 0 Å². The smallest absolute Gasteiger partial charge is 0.410 e. The third-order valence-electron chi connectivity index (χ3n) is 4.20. The number of benzene rings is 2. The van der Waals surface area contributed by atoms with Gasteiger partial charge in [0.15, 0.2) is 0 Å². The molecule has 0 N–H and O–H groups in total. The van der Waals surface area contributed by atoms with E-state index in [1.54, 1.807) is 0 Å². The predicted octanol–water partition coefficient (Wildman–Crippen LogP) is 5.25. The van der Waals surface area contributed by atoms with E-state index in [1.165, 1.54) is 21.9 Å². The van der Waals surface area contributed by atoms with E-state index in [2.05, 4.69) is 48.5 Å². The first-order valence-electron chi connectivity index (χ1n) is 8.57. The lowest BCUT2D eigenvalue weighted by Crippen LogP contribution is -2.40. The maximum atomic E-state index is 12.1. The molecular weight excluding hydrogens is 298 g/mol. The number of carbonyl (C=O) groups is 1. The van der Waals surface area contributed by atoms with Crippen LogP contribution in [0.2, 0.25) is 0 Å². The molecule has 1 amide bonds. The zero-order valence-electron chi connectivity index (χ0n) is 14.7. The number of hydrogen-bond acceptors (Lipinski definition) is 2. The second-order valence-corrected chi connectivity index (χ2v) is 7.38. The Hall–Kier alpha value is -2.29. The maximum Gasteiger partial charge on any atom is 0.410 e. The van der Waals surface area contributed by atoms with Crippen LogP contribution < -0.4 is 0 Å². The minimum Gasteiger partial charge on any atom is -0.444 e. The van der Waals surface area contributed by atoms with Crippen LogP contribution in [0.1, 0.15) is 39.2 Å². The number of amides is 1. The number of rotatable bonds is 1. The third kappa shape index (κ3) is 4.16. The van der Waals surface area contributed by atoms with Crippen LogP contribution in [0, 0.1) is 0 Å². The molecule has 2 aromatic carbocycles. The van der Waals surface area contributed by atoms with Crippen molar-refractivity contribution in [2.45, 2.75) is 39.2 Å². The van der Waals surface area contributed by atoms with Crippen LogP contribution in [-0.4, -0.2) is 29.7 Å². The second-order valence-electron chi connectivity index (χ2n) is 7.38. The topological polar surface area (TPSA) is 29.5 Å². The number of likely N-dealkylation sites (tertiary alicyclic amines) is 1. The van der Waals surface area contributed by atoms with Crippen molar-refractivity contribution in [1.82, 2.24) is 4.90 Å². The SMILES string of the molecule is CC(C)(C)OC(=O)N1CCC(=Cc2ccc3ccccc3c2)CC1. The number of hydrogen-bond donors (Lipinski definition) is 0. The molecule has 0 saturated carbocycles. The molecule has 3 heteroatoms. The van der Waals surface area contributed by atoms with Gasteiger partial charge in [-0.15, -0.1) is 0 Å². The Balaban J connectivity index is 1.65. The molecule has 1 fully saturated rings. The van der Waals surface area contributed by atoms with E-state index < -0.39 is 5.60 Å². The maximum absolute atomic E-state index is 12.1. The monoisotopic (exact) mass is 323 g/mol. The van der Waals surface area contributed by atoms with E-state index >= 15 is 0 Å². The van der Waals surface area contributed by atoms with Gasteiger partial charge in [0.05, 0.1) is 0 Å². The summed E-state index contributed by atoms with van der Waals surface area (Å²) in [5.41, 5.74) is 2.19. The minimum absolute atomic E-state index is 0.202. The summed E-state index contributed by atoms with van der Waals surface area (Å²) >= 11 is 0. The lowest BCUT2D eigenvalue weighted by Gasteiger charge is -2.31. The van der Waals surface area contributed by atoms with E-state index in [-0.39, 0.29) is 6.09 Å². The highest BCUT2D eigenvalue weighted by molar-refractivity contribution is 5.84. The molecule has 3 rings (SSSR count). The standard InChI is InChI=1S/C21H25NO2/c1-21(2,3)24-20(23)22-12-10-16(11-13-22)14-17-8-9-18-6-4-5-7-19(18)15-17/h4-9,14-15H,10-13H2,1-3H3. The molecule has 1 aliphatic rings. The Morgan fingerprint density at radius 3 is 2.38 bits per heavy atom. The molecule has 0 bridgehead atoms. The number of piperidine rings is 1. The summed E-state index contributed by atoms with van der Waals surface area (Å²) in [5.74, 6) is 0. The van der Waals surface area contributed by atoms with Crippen LogP contribution >= 0.6 is 0 Å². The van der Waals surface area contributed by atoms with Crippen LogP contribution in [0.25, 0.3) is 16.8 Å². The Bertz CT molecular complexity index is 761. The van der Waals surface area contributed by atoms with Crippen LogP contribution in [0.15, 0.2) is 48.0 Å². The molecule has 0 unspecified atom stereocenters. The summed E-state index contributed by atoms with van der Waals surface area (Å²) < 4.78 is 5.45. The van der Waals surface area contributed by atoms with Crippen molar-refractivity contribution >= 4 is 22.9 Å². The summed E-state index contributed by atoms with van der Waals surface area (Å²) in [7, 11) is 0. The molecule has 0 aromatic heterocycles. The first kappa shape index (κ1) is 16.6. The van der Waals surface area contributed by atoms with E-state index in [4.69, 9.17) is 4.74 Å². The molecule has 24 heavy (non-hydrogen) atoms. The molecule has 1 heterocycles. The second kappa shape index (κ2) is 6.68. The van der Waals surface area contributed by atoms with Crippen LogP contribution in [0.4, 0.5) is 4.79 Å². The Kier molecular flexibility index (Phi) is 4.61. The molecule has 0 spiro atoms. The van der Waals surface area contributed by atoms with E-state index in [9.17, 15) is 4.79 Å². The summed E-state index contributed by atoms with van der Waals surface area (Å²) in [4.78, 5) is 13.9. The number of fused-ring (bicyclic) bond motifs is 1. The highest BCUT2D eigenvalue weighted by Gasteiger charge is 2.24. The summed E-state index contributed by atoms with van der Waals surface area (Å²) in [5, 5.41) is 2.53. The highest BCUT2D eigenvalue weighted by atomic mass is 16.6. The molecule has 0 aliphatic carbocycles. The third-order valence-corrected chi connectivity index (χ3v) is 4.20. The fourth-order valence-electron chi connectivity index (χ4n) is 2.98. The highest BCUT2D eigenvalue weighted by Crippen LogP contribution is 2.23. The zero-order chi connectivity index (χ0) is 17.2. The van der Waals surface area contributed by atoms with Crippen molar-refractivity contribution in [2.75, 3.05) is 13.1 Å². The van der Waals surface area contributed by atoms with Crippen molar-refractivity contribution in [3.05, 3.63) is 53.6 Å². The fraction of sp³-hybridized carbons (Fsp3) is 0.381. The molecule has 126 valence electrons. The van der Waals surface area contributed by atoms with Crippen molar-refractivity contribution in [1.29, 1.82) is 0 Å². The largest absolute Gasteiger partial charge is 0.444 e. The van der Waals surface area contributed by atoms with Gasteiger partial charge in [0.1, 0.15) is 5.60 Å². The number of nitrogens with zero attached hydrogens (tertiary/aromatic N) is 1. The van der Waals surface area contributed by atoms with Crippen molar-refractivity contribution in [3.63, 3.8) is 0 Å². The molecule has 1 aliphatic heterocycles. The summed E-state index contributed by atoms with van der Waals surface area (Å²) in [6.07, 6.45) is 3.88. The first-order valence-corrected chi connectivity index (χ1v) is 8.57. The van der Waals surface area contributed by atoms with E-state index in [0.29, 0.717) is 0 Å². The van der Waals surface area contributed by atoms with Gasteiger partial charge in [0, 0.05) is 13.1 Å². The molecule has 0 atom stereocenters. The van der Waals surface area contributed by atoms with Crippen molar-refractivity contribution in [3.8, 4) is 0 Å². The number of ether oxygens (including phenoxy) is 1. The zero-order valence-corrected chi connectivity index (χ0v) is 14.7. The first-order chi connectivity index (χ1) is 11.4. The molecule has 0 radical (unpaired) electrons. The predicted molar refractivity (Wildman–Crippen MR) is 99.0 cm³/mol. The fourth-order valence-corrected chi connectivity index (χ4v) is 2.98. The molecule has 2 aromatic rings. The summed E-state index contributed by atoms with van der Waals surface area (Å²) in [6, 6.07) is 15.0. The Labute approximate surface area is 143 Å². The van der Waals surface area contributed by atoms with Gasteiger partial charge < -0.3 is 9.64 Å². The quantitative estimate of drug-likeness (QED) is 0.717. The van der Waals surface area contributed by atoms with Crippen molar-refractivity contribution < 1.29 is 9.53 Å². The van der Waals surface area contributed by atoms with Gasteiger partial charge >= 0.3 is 6.09 Å². The molecular formula is C21H25NO2. The average molecular weight is 323 g/mol. The van der Waals surface area contributed by atoms with Gasteiger partial charge in [-0.2, -0.15) is 0 Å². The lowest BCUT2D eigenvalue weighted by atomic mass is 9.99. The summed E-state index contributed by atoms with van der Waals surface area (Å²) in [6.45, 7) is 7.17. The minimum atomic E-state index is -0.432. The van der Waals surface area contributed by atoms with Crippen molar-refractivity contribution in [2.24, 2.45) is 0 Å². The van der Waals surface area contributed by atoms with Gasteiger partial charge in [-0.05, 0) is 56.0 Å². The van der Waals surface area contributed by atoms with Gasteiger partial charge in [0.2, 0.25) is 0 Å². The van der Waals surface area contributed by atoms with Crippen LogP contribution in [0.3, 0.4) is 0 Å². The lowest BCUT2D eigenvalue weighted by molar-refractivity contribution is 0.0237. The van der Waals surface area contributed by atoms with Crippen LogP contribution in [-0.2, 0) is 4.74 Å². The van der Waals surface area contributed by atoms with Crippen LogP contribution in [0.5, 0.6) is 0 Å². The van der Waals surface area contributed by atoms with Gasteiger partial charge in [-0.1, -0.05) is 48.0 Å². The molecule has 3 nitrogen and oxygen atoms in total. The van der Waals surface area contributed by atoms with E-state index in [0.717, 1.165) is 25.9 Å². The van der Waals surface area contributed by atoms with Gasteiger partial charge in [-0.25, -0.2) is 4.79 Å². The van der Waals surface area contributed by atoms with E-state index in [1.807, 2.05) is 25.7 Å². The molecule has 1 saturated heterocycles. The Morgan fingerprint density at radius 2 is 1.71 bits per heavy atom. The number of carbonyl (C=O) groups excluding carboxylic acids is 1. The average Bonchev–Trinajstić information content (AvgIpc) is 2.54. The Morgan fingerprint density at radius 1 is 1.04 bits per heavy atom. The normalized spacial score (nSPS) is 15.5. The van der Waals surface area contributed by atoms with Gasteiger partial charge in [0.25, 0.3) is 0 Å².